The average Bonchev–Trinajstić information content (AvgIpc) is 3.95. The van der Waals surface area contributed by atoms with E-state index < -0.39 is 176 Å². The molecule has 4 saturated heterocycles. The highest BCUT2D eigenvalue weighted by atomic mass is 32.2. The van der Waals surface area contributed by atoms with Gasteiger partial charge in [0.05, 0.1) is 55.9 Å². The first-order chi connectivity index (χ1) is 37.8. The van der Waals surface area contributed by atoms with Gasteiger partial charge in [0.25, 0.3) is 12.3 Å². The van der Waals surface area contributed by atoms with Crippen molar-refractivity contribution in [3.63, 3.8) is 0 Å². The largest absolute Gasteiger partial charge is 0.504 e. The van der Waals surface area contributed by atoms with E-state index in [2.05, 4.69) is 41.3 Å². The van der Waals surface area contributed by atoms with Crippen LogP contribution in [0, 0.1) is 5.92 Å². The summed E-state index contributed by atoms with van der Waals surface area (Å²) in [6.07, 6.45) is -13.9. The van der Waals surface area contributed by atoms with Crippen molar-refractivity contribution < 1.29 is 102 Å². The van der Waals surface area contributed by atoms with Gasteiger partial charge in [-0.2, -0.15) is 0 Å². The molecule has 4 aliphatic heterocycles. The number of benzene rings is 2. The van der Waals surface area contributed by atoms with Crippen LogP contribution in [0.1, 0.15) is 71.3 Å². The fourth-order valence-corrected chi connectivity index (χ4v) is 9.83. The smallest absolute Gasteiger partial charge is 0.408 e. The number of aliphatic hydroxyl groups is 6. The molecule has 30 heteroatoms. The van der Waals surface area contributed by atoms with Gasteiger partial charge in [-0.05, 0) is 58.4 Å². The van der Waals surface area contributed by atoms with Gasteiger partial charge >= 0.3 is 6.09 Å². The first kappa shape index (κ1) is 63.2. The second-order valence-corrected chi connectivity index (χ2v) is 21.6. The molecule has 2 aromatic carbocycles. The highest BCUT2D eigenvalue weighted by Gasteiger charge is 2.50. The highest BCUT2D eigenvalue weighted by molar-refractivity contribution is 7.90. The number of phenolic OH excluding ortho intramolecular Hbond substituents is 1. The number of phenols is 1. The van der Waals surface area contributed by atoms with Gasteiger partial charge in [0.15, 0.2) is 17.8 Å². The standard InChI is InChI=1S/C50H72N8O21S/c1-24-20-58-40(41(24)65)45(69)52-19-29(60)17-31(53-49(72)76-50(3,4)5)42(66)54-37(25(2)59)46(70)57-21-30(61)18-32(57)43(67)55-38(35(64)15-26-11-12-33(62)36(16-26)77-80-79-78-73)44(68)56-39(47(58)71)34(63)13-14-51-28-22-74-48(75-23-28)27-9-7-6-8-10-27/h6-12,16,24-25,28-32,34-35,37-41,48,51,59-65,73H,13-15,17-23H2,1-5H3,(H,52,69)(H,53,72)(H,54,66)(H,55,67)(H,56,68)/t24-,25+,28?,29+,30+,31+,32-,34+,35+,37-,38-,39-,40-,41-,48?/m0/s1. The van der Waals surface area contributed by atoms with E-state index in [9.17, 15) is 64.5 Å². The van der Waals surface area contributed by atoms with Crippen LogP contribution in [0.15, 0.2) is 48.5 Å². The van der Waals surface area contributed by atoms with E-state index >= 15 is 4.79 Å². The predicted octanol–water partition coefficient (Wildman–Crippen LogP) is -3.11. The normalized spacial score (nSPS) is 29.9. The minimum atomic E-state index is -2.12. The lowest BCUT2D eigenvalue weighted by Crippen LogP contribution is -2.64. The minimum Gasteiger partial charge on any atom is -0.504 e. The number of carbonyl (C=O) groups excluding carboxylic acids is 7. The number of hydrogen-bond acceptors (Lipinski definition) is 23. The highest BCUT2D eigenvalue weighted by Crippen LogP contribution is 2.32. The molecule has 0 radical (unpaired) electrons. The number of rotatable bonds is 15. The van der Waals surface area contributed by atoms with E-state index in [1.165, 1.54) is 39.8 Å². The van der Waals surface area contributed by atoms with Crippen molar-refractivity contribution in [2.24, 2.45) is 5.92 Å². The van der Waals surface area contributed by atoms with Crippen LogP contribution in [-0.2, 0) is 58.8 Å². The monoisotopic (exact) mass is 1150 g/mol. The maximum absolute atomic E-state index is 15.0. The van der Waals surface area contributed by atoms with Crippen LogP contribution in [-0.4, -0.2) is 216 Å². The second-order valence-electron chi connectivity index (χ2n) is 21.1. The Balaban J connectivity index is 1.37. The van der Waals surface area contributed by atoms with Crippen molar-refractivity contribution in [1.82, 2.24) is 41.7 Å². The number of nitrogens with zero attached hydrogens (tertiary/aromatic N) is 2. The number of carbonyl (C=O) groups is 7. The number of aromatic hydroxyl groups is 1. The van der Waals surface area contributed by atoms with E-state index in [4.69, 9.17) is 23.7 Å². The molecule has 14 N–H and O–H groups in total. The molecular formula is C50H72N8O21S. The number of alkyl carbamates (subject to hydrolysis) is 1. The van der Waals surface area contributed by atoms with Crippen LogP contribution in [0.5, 0.6) is 11.5 Å². The van der Waals surface area contributed by atoms with E-state index in [-0.39, 0.29) is 56.4 Å². The number of amides is 7. The van der Waals surface area contributed by atoms with Crippen LogP contribution in [0.2, 0.25) is 0 Å². The van der Waals surface area contributed by atoms with Gasteiger partial charge in [0.1, 0.15) is 41.9 Å². The predicted molar refractivity (Wildman–Crippen MR) is 275 cm³/mol. The number of nitrogens with one attached hydrogen (secondary N) is 6. The summed E-state index contributed by atoms with van der Waals surface area (Å²) in [7, 11) is 0. The summed E-state index contributed by atoms with van der Waals surface area (Å²) in [6, 6.07) is 1.24. The maximum atomic E-state index is 15.0. The summed E-state index contributed by atoms with van der Waals surface area (Å²) in [4.78, 5) is 102. The van der Waals surface area contributed by atoms with Crippen LogP contribution in [0.3, 0.4) is 0 Å². The molecule has 4 aliphatic rings. The Hall–Kier alpha value is -6.00. The molecule has 0 aromatic heterocycles. The van der Waals surface area contributed by atoms with Crippen LogP contribution in [0.25, 0.3) is 0 Å². The Kier molecular flexibility index (Phi) is 22.6. The summed E-state index contributed by atoms with van der Waals surface area (Å²) in [5.41, 5.74) is -0.164. The molecule has 80 heavy (non-hydrogen) atoms. The van der Waals surface area contributed by atoms with Crippen molar-refractivity contribution in [2.75, 3.05) is 39.4 Å². The summed E-state index contributed by atoms with van der Waals surface area (Å²) in [5, 5.41) is 106. The van der Waals surface area contributed by atoms with Crippen LogP contribution in [0.4, 0.5) is 4.79 Å². The molecule has 0 saturated carbocycles. The number of ether oxygens (including phenoxy) is 3. The molecule has 2 aromatic rings. The number of β-amino-alcohol motifs (C(OH)–C–C–N with tert-alkyl or cyclic N) is 1. The molecule has 4 heterocycles. The fourth-order valence-electron chi connectivity index (χ4n) is 9.57. The molecule has 0 aliphatic carbocycles. The number of fused-ring (bicyclic) bond motifs is 2. The molecule has 0 spiro atoms. The second kappa shape index (κ2) is 28.6. The van der Waals surface area contributed by atoms with Crippen molar-refractivity contribution in [3.8, 4) is 11.5 Å². The Morgan fingerprint density at radius 2 is 1.49 bits per heavy atom. The Labute approximate surface area is 464 Å². The van der Waals surface area contributed by atoms with E-state index in [0.29, 0.717) is 0 Å². The van der Waals surface area contributed by atoms with E-state index in [1.807, 2.05) is 30.3 Å². The lowest BCUT2D eigenvalue weighted by molar-refractivity contribution is -0.433. The van der Waals surface area contributed by atoms with Gasteiger partial charge in [0.2, 0.25) is 35.4 Å². The molecule has 6 rings (SSSR count). The minimum absolute atomic E-state index is 0.0285. The number of hydrogen-bond donors (Lipinski definition) is 14. The fraction of sp³-hybridized carbons (Fsp3) is 0.620. The molecule has 444 valence electrons. The molecule has 29 nitrogen and oxygen atoms in total. The van der Waals surface area contributed by atoms with Crippen LogP contribution < -0.4 is 36.1 Å². The summed E-state index contributed by atoms with van der Waals surface area (Å²) in [6.45, 7) is 6.04. The maximum Gasteiger partial charge on any atom is 0.408 e. The summed E-state index contributed by atoms with van der Waals surface area (Å²) < 4.78 is 26.5. The quantitative estimate of drug-likeness (QED) is 0.0363. The van der Waals surface area contributed by atoms with Gasteiger partial charge in [-0.3, -0.25) is 28.8 Å². The third-order valence-corrected chi connectivity index (χ3v) is 14.0. The van der Waals surface area contributed by atoms with E-state index in [0.717, 1.165) is 28.4 Å². The zero-order chi connectivity index (χ0) is 58.6. The van der Waals surface area contributed by atoms with Crippen molar-refractivity contribution in [1.29, 1.82) is 0 Å². The van der Waals surface area contributed by atoms with Crippen molar-refractivity contribution >= 4 is 53.9 Å². The molecule has 0 unspecified atom stereocenters. The third kappa shape index (κ3) is 17.0. The van der Waals surface area contributed by atoms with Gasteiger partial charge in [0, 0.05) is 50.4 Å². The summed E-state index contributed by atoms with van der Waals surface area (Å²) >= 11 is 0.0820. The van der Waals surface area contributed by atoms with Gasteiger partial charge < -0.3 is 95.8 Å². The average molecular weight is 1150 g/mol. The Morgan fingerprint density at radius 3 is 2.15 bits per heavy atom. The van der Waals surface area contributed by atoms with Gasteiger partial charge in [-0.25, -0.2) is 10.1 Å². The van der Waals surface area contributed by atoms with E-state index in [1.54, 1.807) is 0 Å². The molecule has 7 amide bonds. The summed E-state index contributed by atoms with van der Waals surface area (Å²) in [5.74, 6) is -8.47. The molecule has 4 fully saturated rings. The van der Waals surface area contributed by atoms with Crippen molar-refractivity contribution in [3.05, 3.63) is 59.7 Å². The zero-order valence-corrected chi connectivity index (χ0v) is 45.4. The molecule has 0 bridgehead atoms. The zero-order valence-electron chi connectivity index (χ0n) is 44.5. The van der Waals surface area contributed by atoms with Crippen molar-refractivity contribution in [2.45, 2.75) is 151 Å². The lowest BCUT2D eigenvalue weighted by atomic mass is 9.98. The topological polar surface area (TPSA) is 415 Å². The SMILES string of the molecule is C[C@@H](O)[C@@H]1NC(=O)[C@H](NC(=O)OC(C)(C)C)C[C@@H](O)CNC(=O)[C@@H]2[C@@H](O)[C@@H](C)CN2C(=O)[C@H]([C@H](O)CCNC2COC(c3ccccc3)OC2)NC(=O)[C@H]([C@H](O)Cc2ccc(O)c(OSOOO)c2)NC(=O)[C@@H]2C[C@@H](O)CN2C1=O. The Bertz CT molecular complexity index is 2450. The van der Waals surface area contributed by atoms with Crippen LogP contribution >= 0.6 is 12.3 Å². The number of aliphatic hydroxyl groups excluding tert-OH is 6. The lowest BCUT2D eigenvalue weighted by Gasteiger charge is -2.34. The third-order valence-electron chi connectivity index (χ3n) is 13.6. The molecule has 13 atom stereocenters. The first-order valence-corrected chi connectivity index (χ1v) is 26.5. The Morgan fingerprint density at radius 1 is 0.825 bits per heavy atom. The van der Waals surface area contributed by atoms with Gasteiger partial charge in [-0.15, -0.1) is 0 Å². The first-order valence-electron chi connectivity index (χ1n) is 25.9. The molecular weight excluding hydrogens is 1080 g/mol. The van der Waals surface area contributed by atoms with Gasteiger partial charge in [-0.1, -0.05) is 52.7 Å².